The van der Waals surface area contributed by atoms with Crippen molar-refractivity contribution in [1.82, 2.24) is 10.6 Å². The molecule has 184 valence electrons. The van der Waals surface area contributed by atoms with Crippen LogP contribution in [0, 0.1) is 5.92 Å². The molecular weight excluding hydrogens is 465 g/mol. The van der Waals surface area contributed by atoms with Gasteiger partial charge in [0.1, 0.15) is 6.61 Å². The molecule has 0 aliphatic heterocycles. The van der Waals surface area contributed by atoms with E-state index in [1.54, 1.807) is 12.2 Å². The second-order valence-electron chi connectivity index (χ2n) is 8.49. The number of aliphatic carboxylic acids is 1. The standard InChI is InChI=1S/C25H23F3N2O5/c26-25(27,28)21(23(32)33)30-22(31)14-6-5-7-15(12-14)29-24(34)35-13-20-18-10-3-1-8-16(18)17-9-2-4-11-19(17)20/h1-5,7-11,14-15,20-21H,6,12-13H2,(H,29,34)(H,30,31)(H,32,33). The smallest absolute Gasteiger partial charge is 0.419 e. The molecule has 0 fully saturated rings. The number of hydrogen-bond acceptors (Lipinski definition) is 4. The minimum atomic E-state index is -5.12. The summed E-state index contributed by atoms with van der Waals surface area (Å²) in [7, 11) is 0. The normalized spacial score (nSPS) is 19.9. The molecule has 3 N–H and O–H groups in total. The Morgan fingerprint density at radius 1 is 1.03 bits per heavy atom. The number of fused-ring (bicyclic) bond motifs is 3. The summed E-state index contributed by atoms with van der Waals surface area (Å²) < 4.78 is 44.1. The fourth-order valence-electron chi connectivity index (χ4n) is 4.54. The summed E-state index contributed by atoms with van der Waals surface area (Å²) in [5.41, 5.74) is 4.27. The van der Waals surface area contributed by atoms with Gasteiger partial charge in [0.25, 0.3) is 0 Å². The van der Waals surface area contributed by atoms with Crippen LogP contribution in [0.4, 0.5) is 18.0 Å². The number of benzene rings is 2. The van der Waals surface area contributed by atoms with Gasteiger partial charge in [0, 0.05) is 11.8 Å². The van der Waals surface area contributed by atoms with Gasteiger partial charge in [-0.2, -0.15) is 13.2 Å². The lowest BCUT2D eigenvalue weighted by molar-refractivity contribution is -0.182. The fourth-order valence-corrected chi connectivity index (χ4v) is 4.54. The second-order valence-corrected chi connectivity index (χ2v) is 8.49. The SMILES string of the molecule is O=C(NC1C=CCC(C(=O)NC(C(=O)O)C(F)(F)F)C1)OCC1c2ccccc2-c2ccccc21. The van der Waals surface area contributed by atoms with E-state index in [1.807, 2.05) is 48.5 Å². The topological polar surface area (TPSA) is 105 Å². The third kappa shape index (κ3) is 5.31. The van der Waals surface area contributed by atoms with E-state index >= 15 is 0 Å². The highest BCUT2D eigenvalue weighted by molar-refractivity contribution is 5.86. The first-order valence-corrected chi connectivity index (χ1v) is 11.0. The average Bonchev–Trinajstić information content (AvgIpc) is 3.14. The first-order valence-electron chi connectivity index (χ1n) is 11.0. The van der Waals surface area contributed by atoms with Gasteiger partial charge in [-0.25, -0.2) is 9.59 Å². The molecule has 4 rings (SSSR count). The maximum atomic E-state index is 12.9. The Hall–Kier alpha value is -3.82. The summed E-state index contributed by atoms with van der Waals surface area (Å²) in [5, 5.41) is 12.9. The van der Waals surface area contributed by atoms with Crippen LogP contribution in [0.15, 0.2) is 60.7 Å². The molecule has 0 heterocycles. The van der Waals surface area contributed by atoms with Crippen LogP contribution in [0.2, 0.25) is 0 Å². The molecule has 2 amide bonds. The number of nitrogens with one attached hydrogen (secondary N) is 2. The zero-order valence-electron chi connectivity index (χ0n) is 18.4. The van der Waals surface area contributed by atoms with E-state index in [1.165, 1.54) is 5.32 Å². The Labute approximate surface area is 199 Å². The van der Waals surface area contributed by atoms with Crippen LogP contribution in [-0.4, -0.2) is 47.9 Å². The zero-order chi connectivity index (χ0) is 25.2. The van der Waals surface area contributed by atoms with Gasteiger partial charge in [-0.05, 0) is 35.1 Å². The van der Waals surface area contributed by atoms with E-state index in [0.29, 0.717) is 0 Å². The predicted octanol–water partition coefficient (Wildman–Crippen LogP) is 3.99. The molecule has 0 spiro atoms. The lowest BCUT2D eigenvalue weighted by Gasteiger charge is -2.26. The number of allylic oxidation sites excluding steroid dienone is 1. The Morgan fingerprint density at radius 3 is 2.20 bits per heavy atom. The summed E-state index contributed by atoms with van der Waals surface area (Å²) in [5.74, 6) is -4.30. The summed E-state index contributed by atoms with van der Waals surface area (Å²) >= 11 is 0. The Balaban J connectivity index is 1.34. The van der Waals surface area contributed by atoms with Crippen molar-refractivity contribution in [2.75, 3.05) is 6.61 Å². The number of carbonyl (C=O) groups excluding carboxylic acids is 2. The molecule has 3 atom stereocenters. The van der Waals surface area contributed by atoms with E-state index in [0.717, 1.165) is 22.3 Å². The van der Waals surface area contributed by atoms with E-state index in [9.17, 15) is 27.6 Å². The molecule has 2 aromatic rings. The lowest BCUT2D eigenvalue weighted by atomic mass is 9.90. The van der Waals surface area contributed by atoms with Crippen LogP contribution in [-0.2, 0) is 14.3 Å². The number of alkyl carbamates (subject to hydrolysis) is 1. The number of amides is 2. The molecule has 0 aromatic heterocycles. The summed E-state index contributed by atoms with van der Waals surface area (Å²) in [4.78, 5) is 35.6. The molecule has 0 saturated carbocycles. The van der Waals surface area contributed by atoms with Gasteiger partial charge in [0.15, 0.2) is 0 Å². The minimum Gasteiger partial charge on any atom is -0.479 e. The number of alkyl halides is 3. The van der Waals surface area contributed by atoms with E-state index in [-0.39, 0.29) is 25.4 Å². The molecule has 3 unspecified atom stereocenters. The summed E-state index contributed by atoms with van der Waals surface area (Å²) in [6.07, 6.45) is -2.52. The summed E-state index contributed by atoms with van der Waals surface area (Å²) in [6.45, 7) is 0.0894. The molecule has 10 heteroatoms. The Morgan fingerprint density at radius 2 is 1.63 bits per heavy atom. The van der Waals surface area contributed by atoms with E-state index in [2.05, 4.69) is 5.32 Å². The highest BCUT2D eigenvalue weighted by Crippen LogP contribution is 2.44. The van der Waals surface area contributed by atoms with Crippen molar-refractivity contribution in [3.8, 4) is 11.1 Å². The van der Waals surface area contributed by atoms with Crippen molar-refractivity contribution < 1.29 is 37.4 Å². The number of carboxylic acid groups (broad SMARTS) is 1. The lowest BCUT2D eigenvalue weighted by Crippen LogP contribution is -2.53. The maximum Gasteiger partial charge on any atom is 0.419 e. The molecule has 0 radical (unpaired) electrons. The molecule has 2 aliphatic carbocycles. The molecular formula is C25H23F3N2O5. The van der Waals surface area contributed by atoms with Crippen molar-refractivity contribution in [2.24, 2.45) is 5.92 Å². The number of halogens is 3. The van der Waals surface area contributed by atoms with Gasteiger partial charge in [-0.15, -0.1) is 0 Å². The fraction of sp³-hybridized carbons (Fsp3) is 0.320. The van der Waals surface area contributed by atoms with Crippen molar-refractivity contribution >= 4 is 18.0 Å². The molecule has 35 heavy (non-hydrogen) atoms. The third-order valence-electron chi connectivity index (χ3n) is 6.21. The zero-order valence-corrected chi connectivity index (χ0v) is 18.4. The van der Waals surface area contributed by atoms with Crippen molar-refractivity contribution in [3.63, 3.8) is 0 Å². The second kappa shape index (κ2) is 9.81. The van der Waals surface area contributed by atoms with Gasteiger partial charge >= 0.3 is 18.2 Å². The number of hydrogen-bond donors (Lipinski definition) is 3. The quantitative estimate of drug-likeness (QED) is 0.534. The van der Waals surface area contributed by atoms with Gasteiger partial charge in [0.05, 0.1) is 6.04 Å². The minimum absolute atomic E-state index is 0.0106. The van der Waals surface area contributed by atoms with Crippen molar-refractivity contribution in [3.05, 3.63) is 71.8 Å². The molecule has 2 aromatic carbocycles. The average molecular weight is 488 g/mol. The molecule has 0 saturated heterocycles. The van der Waals surface area contributed by atoms with E-state index in [4.69, 9.17) is 9.84 Å². The van der Waals surface area contributed by atoms with Crippen LogP contribution < -0.4 is 10.6 Å². The number of ether oxygens (including phenoxy) is 1. The number of rotatable bonds is 6. The highest BCUT2D eigenvalue weighted by Gasteiger charge is 2.47. The van der Waals surface area contributed by atoms with Gasteiger partial charge in [-0.3, -0.25) is 4.79 Å². The van der Waals surface area contributed by atoms with Gasteiger partial charge in [0.2, 0.25) is 11.9 Å². The monoisotopic (exact) mass is 488 g/mol. The van der Waals surface area contributed by atoms with Crippen molar-refractivity contribution in [1.29, 1.82) is 0 Å². The first kappa shape index (κ1) is 24.3. The largest absolute Gasteiger partial charge is 0.479 e. The van der Waals surface area contributed by atoms with Gasteiger partial charge in [-0.1, -0.05) is 60.7 Å². The van der Waals surface area contributed by atoms with Crippen LogP contribution in [0.3, 0.4) is 0 Å². The number of carbonyl (C=O) groups is 3. The predicted molar refractivity (Wildman–Crippen MR) is 119 cm³/mol. The third-order valence-corrected chi connectivity index (χ3v) is 6.21. The van der Waals surface area contributed by atoms with Crippen molar-refractivity contribution in [2.45, 2.75) is 37.0 Å². The Bertz CT molecular complexity index is 1120. The molecule has 0 bridgehead atoms. The highest BCUT2D eigenvalue weighted by atomic mass is 19.4. The first-order chi connectivity index (χ1) is 16.6. The van der Waals surface area contributed by atoms with Crippen LogP contribution in [0.25, 0.3) is 11.1 Å². The van der Waals surface area contributed by atoms with E-state index < -0.39 is 42.1 Å². The van der Waals surface area contributed by atoms with Crippen LogP contribution in [0.1, 0.15) is 29.9 Å². The molecule has 7 nitrogen and oxygen atoms in total. The van der Waals surface area contributed by atoms with Crippen LogP contribution in [0.5, 0.6) is 0 Å². The Kier molecular flexibility index (Phi) is 6.81. The molecule has 2 aliphatic rings. The maximum absolute atomic E-state index is 12.9. The number of carboxylic acids is 1. The van der Waals surface area contributed by atoms with Gasteiger partial charge < -0.3 is 20.5 Å². The van der Waals surface area contributed by atoms with Crippen LogP contribution >= 0.6 is 0 Å². The summed E-state index contributed by atoms with van der Waals surface area (Å²) in [6, 6.07) is 12.1.